The molecule has 1 atom stereocenters. The Kier molecular flexibility index (Phi) is 5.87. The molecular formula is C26H25N3O3S2. The quantitative estimate of drug-likeness (QED) is 0.374. The minimum atomic E-state index is -3.82. The van der Waals surface area contributed by atoms with Gasteiger partial charge < -0.3 is 4.90 Å². The van der Waals surface area contributed by atoms with Crippen LogP contribution >= 0.6 is 11.3 Å². The standard InChI is InChI=1S/C26H25N3O3S2/c1-18-12-14-20(15-13-18)28(2)34(31,32)21-8-5-7-19(17-21)26(30)29-16-6-10-23(29)25-27-22-9-3-4-11-24(22)33-25/h3-5,7-9,11-15,17,23H,6,10,16H2,1-2H3. The van der Waals surface area contributed by atoms with Gasteiger partial charge in [-0.05, 0) is 62.2 Å². The Bertz CT molecular complexity index is 1430. The number of para-hydroxylation sites is 1. The molecule has 0 radical (unpaired) electrons. The Hall–Kier alpha value is -3.23. The highest BCUT2D eigenvalue weighted by Gasteiger charge is 2.33. The zero-order valence-corrected chi connectivity index (χ0v) is 20.6. The van der Waals surface area contributed by atoms with Crippen molar-refractivity contribution in [3.8, 4) is 0 Å². The summed E-state index contributed by atoms with van der Waals surface area (Å²) in [5.74, 6) is -0.170. The topological polar surface area (TPSA) is 70.6 Å². The number of thiazole rings is 1. The van der Waals surface area contributed by atoms with Gasteiger partial charge in [-0.1, -0.05) is 35.9 Å². The Morgan fingerprint density at radius 2 is 1.82 bits per heavy atom. The van der Waals surface area contributed by atoms with Crippen molar-refractivity contribution in [2.45, 2.75) is 30.7 Å². The van der Waals surface area contributed by atoms with Crippen LogP contribution in [0.4, 0.5) is 5.69 Å². The van der Waals surface area contributed by atoms with Gasteiger partial charge in [-0.25, -0.2) is 13.4 Å². The number of carbonyl (C=O) groups excluding carboxylic acids is 1. The predicted molar refractivity (Wildman–Crippen MR) is 136 cm³/mol. The average molecular weight is 492 g/mol. The number of sulfonamides is 1. The van der Waals surface area contributed by atoms with E-state index in [-0.39, 0.29) is 16.8 Å². The third-order valence-electron chi connectivity index (χ3n) is 6.25. The molecule has 0 N–H and O–H groups in total. The number of rotatable bonds is 5. The minimum Gasteiger partial charge on any atom is -0.329 e. The molecule has 0 saturated carbocycles. The van der Waals surface area contributed by atoms with E-state index in [0.717, 1.165) is 33.6 Å². The SMILES string of the molecule is Cc1ccc(N(C)S(=O)(=O)c2cccc(C(=O)N3CCCC3c3nc4ccccc4s3)c2)cc1. The number of anilines is 1. The molecule has 5 rings (SSSR count). The Labute approximate surface area is 203 Å². The van der Waals surface area contributed by atoms with Crippen molar-refractivity contribution in [1.29, 1.82) is 0 Å². The fraction of sp³-hybridized carbons (Fsp3) is 0.231. The summed E-state index contributed by atoms with van der Waals surface area (Å²) < 4.78 is 28.9. The third kappa shape index (κ3) is 4.08. The molecule has 1 unspecified atom stereocenters. The van der Waals surface area contributed by atoms with Gasteiger partial charge in [-0.3, -0.25) is 9.10 Å². The zero-order chi connectivity index (χ0) is 23.9. The van der Waals surface area contributed by atoms with E-state index in [1.165, 1.54) is 23.5 Å². The van der Waals surface area contributed by atoms with Gasteiger partial charge in [0.1, 0.15) is 5.01 Å². The highest BCUT2D eigenvalue weighted by molar-refractivity contribution is 7.92. The smallest absolute Gasteiger partial charge is 0.264 e. The van der Waals surface area contributed by atoms with Crippen LogP contribution in [0.25, 0.3) is 10.2 Å². The zero-order valence-electron chi connectivity index (χ0n) is 19.0. The van der Waals surface area contributed by atoms with Gasteiger partial charge in [0.15, 0.2) is 0 Å². The number of benzene rings is 3. The number of aromatic nitrogens is 1. The lowest BCUT2D eigenvalue weighted by atomic mass is 10.1. The lowest BCUT2D eigenvalue weighted by Gasteiger charge is -2.24. The monoisotopic (exact) mass is 491 g/mol. The number of hydrogen-bond donors (Lipinski definition) is 0. The summed E-state index contributed by atoms with van der Waals surface area (Å²) in [6.45, 7) is 2.58. The van der Waals surface area contributed by atoms with Crippen LogP contribution in [0.1, 0.15) is 39.8 Å². The maximum atomic E-state index is 13.5. The minimum absolute atomic E-state index is 0.0946. The molecule has 1 aliphatic heterocycles. The molecule has 1 aromatic heterocycles. The molecule has 4 aromatic rings. The molecule has 0 bridgehead atoms. The second-order valence-corrected chi connectivity index (χ2v) is 11.5. The molecule has 0 aliphatic carbocycles. The van der Waals surface area contributed by atoms with Crippen molar-refractivity contribution >= 4 is 43.2 Å². The fourth-order valence-corrected chi connectivity index (χ4v) is 6.66. The fourth-order valence-electron chi connectivity index (χ4n) is 4.31. The number of amides is 1. The lowest BCUT2D eigenvalue weighted by Crippen LogP contribution is -2.31. The van der Waals surface area contributed by atoms with E-state index >= 15 is 0 Å². The van der Waals surface area contributed by atoms with E-state index in [4.69, 9.17) is 4.98 Å². The number of aryl methyl sites for hydroxylation is 1. The van der Waals surface area contributed by atoms with Crippen LogP contribution in [-0.2, 0) is 10.0 Å². The summed E-state index contributed by atoms with van der Waals surface area (Å²) in [4.78, 5) is 20.2. The van der Waals surface area contributed by atoms with Crippen LogP contribution in [-0.4, -0.2) is 37.8 Å². The second kappa shape index (κ2) is 8.85. The highest BCUT2D eigenvalue weighted by Crippen LogP contribution is 2.37. The van der Waals surface area contributed by atoms with Crippen LogP contribution in [0.15, 0.2) is 77.7 Å². The van der Waals surface area contributed by atoms with E-state index < -0.39 is 10.0 Å². The summed E-state index contributed by atoms with van der Waals surface area (Å²) in [7, 11) is -2.29. The summed E-state index contributed by atoms with van der Waals surface area (Å²) in [6, 6.07) is 21.5. The van der Waals surface area contributed by atoms with Gasteiger partial charge in [-0.15, -0.1) is 11.3 Å². The van der Waals surface area contributed by atoms with Crippen molar-refractivity contribution < 1.29 is 13.2 Å². The maximum Gasteiger partial charge on any atom is 0.264 e. The second-order valence-electron chi connectivity index (χ2n) is 8.51. The molecule has 1 amide bonds. The van der Waals surface area contributed by atoms with Gasteiger partial charge in [-0.2, -0.15) is 0 Å². The largest absolute Gasteiger partial charge is 0.329 e. The van der Waals surface area contributed by atoms with Crippen LogP contribution < -0.4 is 4.31 Å². The first-order valence-electron chi connectivity index (χ1n) is 11.2. The first kappa shape index (κ1) is 22.6. The molecule has 3 aromatic carbocycles. The van der Waals surface area contributed by atoms with Gasteiger partial charge >= 0.3 is 0 Å². The lowest BCUT2D eigenvalue weighted by molar-refractivity contribution is 0.0735. The van der Waals surface area contributed by atoms with Gasteiger partial charge in [0.2, 0.25) is 0 Å². The van der Waals surface area contributed by atoms with Crippen LogP contribution in [0, 0.1) is 6.92 Å². The highest BCUT2D eigenvalue weighted by atomic mass is 32.2. The van der Waals surface area contributed by atoms with E-state index in [1.807, 2.05) is 48.2 Å². The molecule has 34 heavy (non-hydrogen) atoms. The predicted octanol–water partition coefficient (Wildman–Crippen LogP) is 5.41. The van der Waals surface area contributed by atoms with E-state index in [9.17, 15) is 13.2 Å². The molecule has 0 spiro atoms. The van der Waals surface area contributed by atoms with Crippen LogP contribution in [0.2, 0.25) is 0 Å². The molecule has 1 aliphatic rings. The molecule has 1 saturated heterocycles. The third-order valence-corrected chi connectivity index (χ3v) is 9.17. The number of fused-ring (bicyclic) bond motifs is 1. The van der Waals surface area contributed by atoms with Crippen molar-refractivity contribution in [3.63, 3.8) is 0 Å². The van der Waals surface area contributed by atoms with Crippen molar-refractivity contribution in [2.75, 3.05) is 17.9 Å². The average Bonchev–Trinajstić information content (AvgIpc) is 3.50. The molecule has 6 nitrogen and oxygen atoms in total. The summed E-state index contributed by atoms with van der Waals surface area (Å²) >= 11 is 1.61. The van der Waals surface area contributed by atoms with Gasteiger partial charge in [0, 0.05) is 19.2 Å². The first-order valence-corrected chi connectivity index (χ1v) is 13.4. The molecule has 174 valence electrons. The van der Waals surface area contributed by atoms with Crippen molar-refractivity contribution in [3.05, 3.63) is 88.9 Å². The Morgan fingerprint density at radius 3 is 2.59 bits per heavy atom. The Morgan fingerprint density at radius 1 is 1.06 bits per heavy atom. The van der Waals surface area contributed by atoms with E-state index in [2.05, 4.69) is 0 Å². The molecular weight excluding hydrogens is 466 g/mol. The number of nitrogens with zero attached hydrogens (tertiary/aromatic N) is 3. The summed E-state index contributed by atoms with van der Waals surface area (Å²) in [5, 5.41) is 0.926. The van der Waals surface area contributed by atoms with Gasteiger partial charge in [0.25, 0.3) is 15.9 Å². The maximum absolute atomic E-state index is 13.5. The number of hydrogen-bond acceptors (Lipinski definition) is 5. The molecule has 8 heteroatoms. The number of carbonyl (C=O) groups is 1. The van der Waals surface area contributed by atoms with Crippen LogP contribution in [0.5, 0.6) is 0 Å². The normalized spacial score (nSPS) is 16.2. The van der Waals surface area contributed by atoms with E-state index in [0.29, 0.717) is 17.8 Å². The molecule has 1 fully saturated rings. The van der Waals surface area contributed by atoms with Crippen LogP contribution in [0.3, 0.4) is 0 Å². The van der Waals surface area contributed by atoms with Crippen molar-refractivity contribution in [1.82, 2.24) is 9.88 Å². The summed E-state index contributed by atoms with van der Waals surface area (Å²) in [6.07, 6.45) is 1.74. The number of likely N-dealkylation sites (tertiary alicyclic amines) is 1. The Balaban J connectivity index is 1.43. The summed E-state index contributed by atoms with van der Waals surface area (Å²) in [5.41, 5.74) is 2.92. The molecule has 2 heterocycles. The van der Waals surface area contributed by atoms with E-state index in [1.54, 1.807) is 35.6 Å². The van der Waals surface area contributed by atoms with Gasteiger partial charge in [0.05, 0.1) is 26.8 Å². The van der Waals surface area contributed by atoms with Crippen molar-refractivity contribution in [2.24, 2.45) is 0 Å². The first-order chi connectivity index (χ1) is 16.3.